The van der Waals surface area contributed by atoms with Crippen molar-refractivity contribution in [3.63, 3.8) is 0 Å². The summed E-state index contributed by atoms with van der Waals surface area (Å²) in [6, 6.07) is 19.8. The van der Waals surface area contributed by atoms with Crippen LogP contribution in [0.1, 0.15) is 154 Å². The van der Waals surface area contributed by atoms with Crippen molar-refractivity contribution in [3.8, 4) is 0 Å². The van der Waals surface area contributed by atoms with E-state index >= 15 is 0 Å². The zero-order chi connectivity index (χ0) is 41.9. The van der Waals surface area contributed by atoms with Crippen LogP contribution in [0, 0.1) is 0 Å². The van der Waals surface area contributed by atoms with Crippen molar-refractivity contribution in [3.05, 3.63) is 60.2 Å². The second kappa shape index (κ2) is 28.8. The second-order valence-corrected chi connectivity index (χ2v) is 18.7. The molecule has 0 aromatic heterocycles. The number of esters is 2. The molecule has 3 aromatic rings. The van der Waals surface area contributed by atoms with E-state index in [0.29, 0.717) is 17.4 Å². The third-order valence-electron chi connectivity index (χ3n) is 10.8. The number of likely N-dealkylation sites (N-methyl/N-ethyl adjacent to an activating group) is 1. The highest BCUT2D eigenvalue weighted by Crippen LogP contribution is 2.47. The van der Waals surface area contributed by atoms with Gasteiger partial charge in [0, 0.05) is 12.8 Å². The van der Waals surface area contributed by atoms with Gasteiger partial charge in [0.15, 0.2) is 6.10 Å². The molecule has 3 rings (SSSR count). The first kappa shape index (κ1) is 49.7. The molecule has 0 aliphatic carbocycles. The molecule has 0 radical (unpaired) electrons. The molecule has 0 amide bonds. The lowest BCUT2D eigenvalue weighted by Gasteiger charge is -2.26. The van der Waals surface area contributed by atoms with Crippen LogP contribution in [0.15, 0.2) is 54.6 Å². The lowest BCUT2D eigenvalue weighted by molar-refractivity contribution is -0.870. The van der Waals surface area contributed by atoms with Crippen LogP contribution < -0.4 is 4.89 Å². The molecule has 0 aliphatic rings. The summed E-state index contributed by atoms with van der Waals surface area (Å²) in [7, 11) is 1.45. The Morgan fingerprint density at radius 1 is 0.621 bits per heavy atom. The molecule has 3 aromatic carbocycles. The SMILES string of the molecule is CCCCCCCCCCCCCCCCC(=O)OC[C@H](CO[P+]([O-])(O)OCC[N+](C)(C)C)OC(=O)CCCCCCCCc1ccc2cc3ccccc3cc2c1. The fraction of sp³-hybridized carbons (Fsp3) is 0.667. The van der Waals surface area contributed by atoms with Gasteiger partial charge in [-0.15, -0.1) is 0 Å². The number of rotatable bonds is 34. The molecule has 0 saturated carbocycles. The van der Waals surface area contributed by atoms with E-state index in [-0.39, 0.29) is 32.0 Å². The maximum absolute atomic E-state index is 12.8. The number of ether oxygens (including phenoxy) is 2. The monoisotopic (exact) mass is 827 g/mol. The Morgan fingerprint density at radius 2 is 1.12 bits per heavy atom. The van der Waals surface area contributed by atoms with E-state index in [9.17, 15) is 19.4 Å². The molecule has 58 heavy (non-hydrogen) atoms. The number of unbranched alkanes of at least 4 members (excludes halogenated alkanes) is 18. The van der Waals surface area contributed by atoms with Crippen LogP contribution in [0.5, 0.6) is 0 Å². The average Bonchev–Trinajstić information content (AvgIpc) is 3.18. The minimum absolute atomic E-state index is 0.0248. The van der Waals surface area contributed by atoms with Gasteiger partial charge >= 0.3 is 20.1 Å². The number of carbonyl (C=O) groups excluding carboxylic acids is 2. The van der Waals surface area contributed by atoms with Crippen molar-refractivity contribution < 1.29 is 42.4 Å². The largest absolute Gasteiger partial charge is 0.606 e. The summed E-state index contributed by atoms with van der Waals surface area (Å²) in [4.78, 5) is 48.1. The van der Waals surface area contributed by atoms with E-state index in [4.69, 9.17) is 18.5 Å². The number of phosphoric acid groups is 1. The summed E-state index contributed by atoms with van der Waals surface area (Å²) in [5, 5.41) is 5.08. The topological polar surface area (TPSA) is 114 Å². The fourth-order valence-electron chi connectivity index (χ4n) is 7.18. The van der Waals surface area contributed by atoms with Crippen molar-refractivity contribution in [2.45, 2.75) is 161 Å². The van der Waals surface area contributed by atoms with Gasteiger partial charge < -0.3 is 18.9 Å². The average molecular weight is 827 g/mol. The highest BCUT2D eigenvalue weighted by atomic mass is 31.2. The van der Waals surface area contributed by atoms with E-state index in [1.165, 1.54) is 97.7 Å². The third kappa shape index (κ3) is 23.2. The van der Waals surface area contributed by atoms with Gasteiger partial charge in [0.25, 0.3) is 0 Å². The number of nitrogens with zero attached hydrogens (tertiary/aromatic N) is 1. The Balaban J connectivity index is 1.29. The van der Waals surface area contributed by atoms with Crippen molar-refractivity contribution in [2.24, 2.45) is 0 Å². The highest BCUT2D eigenvalue weighted by molar-refractivity contribution is 7.52. The molecule has 326 valence electrons. The van der Waals surface area contributed by atoms with E-state index in [1.807, 2.05) is 21.1 Å². The summed E-state index contributed by atoms with van der Waals surface area (Å²) < 4.78 is 21.9. The minimum atomic E-state index is -4.39. The van der Waals surface area contributed by atoms with Crippen LogP contribution in [0.3, 0.4) is 0 Å². The number of carbonyl (C=O) groups is 2. The molecule has 0 saturated heterocycles. The molecule has 10 heteroatoms. The normalized spacial score (nSPS) is 13.5. The maximum atomic E-state index is 12.8. The molecular formula is C48H77NO8P+. The van der Waals surface area contributed by atoms with Crippen molar-refractivity contribution in [1.29, 1.82) is 0 Å². The number of hydrogen-bond donors (Lipinski definition) is 1. The van der Waals surface area contributed by atoms with Crippen LogP contribution in [0.25, 0.3) is 21.5 Å². The fourth-order valence-corrected chi connectivity index (χ4v) is 7.92. The summed E-state index contributed by atoms with van der Waals surface area (Å²) in [5.74, 6) is -0.819. The van der Waals surface area contributed by atoms with Gasteiger partial charge in [0.2, 0.25) is 0 Å². The first-order valence-electron chi connectivity index (χ1n) is 22.6. The minimum Gasteiger partial charge on any atom is -0.606 e. The molecule has 0 heterocycles. The lowest BCUT2D eigenvalue weighted by atomic mass is 9.99. The third-order valence-corrected chi connectivity index (χ3v) is 11.8. The van der Waals surface area contributed by atoms with Crippen molar-refractivity contribution in [2.75, 3.05) is 47.5 Å². The Bertz CT molecular complexity index is 1570. The van der Waals surface area contributed by atoms with Crippen LogP contribution in [0.4, 0.5) is 0 Å². The van der Waals surface area contributed by atoms with Gasteiger partial charge in [-0.05, 0) is 64.9 Å². The molecule has 0 aliphatic heterocycles. The maximum Gasteiger partial charge on any atom is 0.377 e. The van der Waals surface area contributed by atoms with Crippen LogP contribution >= 0.6 is 8.17 Å². The second-order valence-electron chi connectivity index (χ2n) is 17.3. The quantitative estimate of drug-likeness (QED) is 0.0208. The lowest BCUT2D eigenvalue weighted by Crippen LogP contribution is -2.38. The molecule has 0 bridgehead atoms. The van der Waals surface area contributed by atoms with Crippen molar-refractivity contribution >= 4 is 41.7 Å². The number of quaternary nitrogens is 1. The molecule has 2 atom stereocenters. The number of aryl methyl sites for hydroxylation is 1. The summed E-state index contributed by atoms with van der Waals surface area (Å²) in [6.07, 6.45) is 23.8. The Hall–Kier alpha value is -2.65. The molecule has 0 spiro atoms. The summed E-state index contributed by atoms with van der Waals surface area (Å²) >= 11 is 0. The molecule has 1 unspecified atom stereocenters. The van der Waals surface area contributed by atoms with E-state index in [2.05, 4.69) is 61.5 Å². The van der Waals surface area contributed by atoms with Gasteiger partial charge in [0.1, 0.15) is 26.4 Å². The number of hydrogen-bond acceptors (Lipinski definition) is 8. The zero-order valence-electron chi connectivity index (χ0n) is 36.6. The molecular weight excluding hydrogens is 750 g/mol. The standard InChI is InChI=1S/C48H76NO8P/c1-5-6-7-8-9-10-11-12-13-14-15-16-20-23-30-47(50)54-39-46(40-56-58(52,53)55-35-34-49(2,3)4)57-48(51)31-24-21-18-17-19-22-27-41-32-33-44-37-42-28-25-26-29-43(42)38-45(44)36-41/h25-26,28-29,32-33,36-38,46H,5-24,27,30-31,34-35,39-40H2,1-4H3/p+1/t46-/m1/s1. The first-order valence-corrected chi connectivity index (χ1v) is 24.1. The van der Waals surface area contributed by atoms with E-state index in [0.717, 1.165) is 57.8 Å². The van der Waals surface area contributed by atoms with E-state index < -0.39 is 26.9 Å². The molecule has 0 fully saturated rings. The number of phosphoric ester groups is 1. The zero-order valence-corrected chi connectivity index (χ0v) is 37.5. The van der Waals surface area contributed by atoms with Crippen molar-refractivity contribution in [1.82, 2.24) is 0 Å². The predicted molar refractivity (Wildman–Crippen MR) is 237 cm³/mol. The molecule has 9 nitrogen and oxygen atoms in total. The predicted octanol–water partition coefficient (Wildman–Crippen LogP) is 11.4. The summed E-state index contributed by atoms with van der Waals surface area (Å²) in [5.41, 5.74) is 1.36. The number of benzene rings is 3. The Morgan fingerprint density at radius 3 is 1.69 bits per heavy atom. The van der Waals surface area contributed by atoms with Crippen LogP contribution in [-0.4, -0.2) is 74.9 Å². The van der Waals surface area contributed by atoms with Gasteiger partial charge in [-0.3, -0.25) is 9.59 Å². The molecule has 1 N–H and O–H groups in total. The Labute approximate surface area is 351 Å². The van der Waals surface area contributed by atoms with Gasteiger partial charge in [-0.1, -0.05) is 159 Å². The van der Waals surface area contributed by atoms with Gasteiger partial charge in [-0.25, -0.2) is 0 Å². The Kier molecular flexibility index (Phi) is 24.6. The first-order chi connectivity index (χ1) is 27.9. The highest BCUT2D eigenvalue weighted by Gasteiger charge is 2.31. The smallest absolute Gasteiger partial charge is 0.377 e. The van der Waals surface area contributed by atoms with E-state index in [1.54, 1.807) is 0 Å². The van der Waals surface area contributed by atoms with Crippen LogP contribution in [0.2, 0.25) is 0 Å². The van der Waals surface area contributed by atoms with Gasteiger partial charge in [-0.2, -0.15) is 13.9 Å². The van der Waals surface area contributed by atoms with Crippen LogP contribution in [-0.2, 0) is 34.5 Å². The van der Waals surface area contributed by atoms with Gasteiger partial charge in [0.05, 0.1) is 21.1 Å². The number of fused-ring (bicyclic) bond motifs is 2. The summed E-state index contributed by atoms with van der Waals surface area (Å²) in [6.45, 7) is 2.13.